The molecule has 0 heterocycles. The molecule has 70 valence electrons. The molecule has 0 bridgehead atoms. The van der Waals surface area contributed by atoms with E-state index in [0.717, 1.165) is 0 Å². The fraction of sp³-hybridized carbons (Fsp3) is 1.00. The van der Waals surface area contributed by atoms with E-state index in [1.165, 1.54) is 0 Å². The summed E-state index contributed by atoms with van der Waals surface area (Å²) in [5, 5.41) is 16.2. The molecule has 0 radical (unpaired) electrons. The molecule has 11 heavy (non-hydrogen) atoms. The first-order valence-corrected chi connectivity index (χ1v) is 3.53. The van der Waals surface area contributed by atoms with Crippen LogP contribution in [0.2, 0.25) is 0 Å². The lowest BCUT2D eigenvalue weighted by atomic mass is 10.7. The molecule has 0 unspecified atom stereocenters. The van der Waals surface area contributed by atoms with Gasteiger partial charge < -0.3 is 26.4 Å². The molecule has 0 aliphatic carbocycles. The number of aliphatic hydroxyl groups is 2. The Labute approximate surface area is 67.0 Å². The van der Waals surface area contributed by atoms with Gasteiger partial charge in [-0.3, -0.25) is 0 Å². The number of hydrogen-bond acceptors (Lipinski definition) is 5. The lowest BCUT2D eigenvalue weighted by Gasteiger charge is -1.94. The molecule has 0 fully saturated rings. The maximum Gasteiger partial charge on any atom is 0.0698 e. The van der Waals surface area contributed by atoms with Crippen LogP contribution >= 0.6 is 0 Å². The van der Waals surface area contributed by atoms with E-state index in [-0.39, 0.29) is 13.2 Å². The zero-order valence-electron chi connectivity index (χ0n) is 6.70. The molecular formula is C6H18N2O3. The minimum absolute atomic E-state index is 0.0278. The highest BCUT2D eigenvalue weighted by Gasteiger charge is 1.79. The van der Waals surface area contributed by atoms with Crippen LogP contribution in [0.1, 0.15) is 0 Å². The Bertz CT molecular complexity index is 49.1. The van der Waals surface area contributed by atoms with Gasteiger partial charge in [0.25, 0.3) is 0 Å². The van der Waals surface area contributed by atoms with Gasteiger partial charge in [-0.05, 0) is 0 Å². The van der Waals surface area contributed by atoms with Crippen LogP contribution in [0.5, 0.6) is 0 Å². The van der Waals surface area contributed by atoms with E-state index in [1.807, 2.05) is 0 Å². The largest absolute Gasteiger partial charge is 0.394 e. The monoisotopic (exact) mass is 166 g/mol. The quantitative estimate of drug-likeness (QED) is 0.350. The second kappa shape index (κ2) is 16.4. The Morgan fingerprint density at radius 3 is 1.45 bits per heavy atom. The van der Waals surface area contributed by atoms with Crippen molar-refractivity contribution in [2.45, 2.75) is 0 Å². The number of hydrogen-bond donors (Lipinski definition) is 4. The van der Waals surface area contributed by atoms with Crippen molar-refractivity contribution in [3.63, 3.8) is 0 Å². The molecule has 0 rings (SSSR count). The molecule has 0 aliphatic heterocycles. The highest BCUT2D eigenvalue weighted by molar-refractivity contribution is 4.26. The van der Waals surface area contributed by atoms with Crippen molar-refractivity contribution in [2.75, 3.05) is 39.5 Å². The first-order chi connectivity index (χ1) is 5.33. The zero-order chi connectivity index (χ0) is 8.95. The van der Waals surface area contributed by atoms with Gasteiger partial charge in [-0.15, -0.1) is 0 Å². The summed E-state index contributed by atoms with van der Waals surface area (Å²) >= 11 is 0. The van der Waals surface area contributed by atoms with E-state index in [1.54, 1.807) is 0 Å². The van der Waals surface area contributed by atoms with E-state index >= 15 is 0 Å². The smallest absolute Gasteiger partial charge is 0.0698 e. The third kappa shape index (κ3) is 25.9. The van der Waals surface area contributed by atoms with Crippen molar-refractivity contribution in [1.82, 2.24) is 0 Å². The van der Waals surface area contributed by atoms with Crippen LogP contribution in [-0.4, -0.2) is 49.7 Å². The van der Waals surface area contributed by atoms with Crippen LogP contribution in [0.15, 0.2) is 0 Å². The lowest BCUT2D eigenvalue weighted by molar-refractivity contribution is 0.0650. The van der Waals surface area contributed by atoms with Crippen molar-refractivity contribution < 1.29 is 14.9 Å². The topological polar surface area (TPSA) is 102 Å². The molecule has 0 saturated heterocycles. The van der Waals surface area contributed by atoms with E-state index < -0.39 is 0 Å². The summed E-state index contributed by atoms with van der Waals surface area (Å²) in [7, 11) is 0. The summed E-state index contributed by atoms with van der Waals surface area (Å²) in [5.41, 5.74) is 9.81. The maximum absolute atomic E-state index is 8.09. The summed E-state index contributed by atoms with van der Waals surface area (Å²) in [6, 6.07) is 0. The molecule has 0 aromatic heterocycles. The highest BCUT2D eigenvalue weighted by atomic mass is 16.5. The molecule has 6 N–H and O–H groups in total. The average Bonchev–Trinajstić information content (AvgIpc) is 2.06. The fourth-order valence-corrected chi connectivity index (χ4v) is 0.231. The van der Waals surface area contributed by atoms with Crippen molar-refractivity contribution >= 4 is 0 Å². The van der Waals surface area contributed by atoms with Gasteiger partial charge in [0, 0.05) is 13.1 Å². The summed E-state index contributed by atoms with van der Waals surface area (Å²) in [4.78, 5) is 0. The van der Waals surface area contributed by atoms with Crippen LogP contribution in [-0.2, 0) is 4.74 Å². The van der Waals surface area contributed by atoms with Gasteiger partial charge in [-0.25, -0.2) is 0 Å². The number of rotatable bonds is 5. The van der Waals surface area contributed by atoms with E-state index in [9.17, 15) is 0 Å². The molecule has 0 spiro atoms. The summed E-state index contributed by atoms with van der Waals surface area (Å²) in [5.74, 6) is 0. The Balaban J connectivity index is 0. The van der Waals surface area contributed by atoms with E-state index in [4.69, 9.17) is 21.7 Å². The van der Waals surface area contributed by atoms with Crippen LogP contribution in [0, 0.1) is 0 Å². The first-order valence-electron chi connectivity index (χ1n) is 3.53. The van der Waals surface area contributed by atoms with Crippen molar-refractivity contribution in [2.24, 2.45) is 11.5 Å². The van der Waals surface area contributed by atoms with Gasteiger partial charge in [0.15, 0.2) is 0 Å². The number of nitrogens with two attached hydrogens (primary N) is 2. The zero-order valence-corrected chi connectivity index (χ0v) is 6.70. The van der Waals surface area contributed by atoms with Gasteiger partial charge in [-0.1, -0.05) is 0 Å². The number of ether oxygens (including phenoxy) is 1. The molecule has 0 aromatic rings. The standard InChI is InChI=1S/C4H10O3.C2H8N2/c5-1-3-7-4-2-6;3-1-2-4/h5-6H,1-4H2;1-4H2. The van der Waals surface area contributed by atoms with Crippen molar-refractivity contribution in [3.8, 4) is 0 Å². The molecule has 0 aromatic carbocycles. The average molecular weight is 166 g/mol. The van der Waals surface area contributed by atoms with Crippen LogP contribution in [0.3, 0.4) is 0 Å². The minimum atomic E-state index is 0.0278. The van der Waals surface area contributed by atoms with Gasteiger partial charge in [0.05, 0.1) is 26.4 Å². The van der Waals surface area contributed by atoms with Gasteiger partial charge in [0.1, 0.15) is 0 Å². The molecule has 0 atom stereocenters. The summed E-state index contributed by atoms with van der Waals surface area (Å²) in [6.07, 6.45) is 0. The third-order valence-corrected chi connectivity index (χ3v) is 0.638. The normalized spacial score (nSPS) is 8.73. The second-order valence-corrected chi connectivity index (χ2v) is 1.64. The summed E-state index contributed by atoms with van der Waals surface area (Å²) < 4.78 is 4.63. The molecule has 5 nitrogen and oxygen atoms in total. The Morgan fingerprint density at radius 1 is 0.909 bits per heavy atom. The van der Waals surface area contributed by atoms with Crippen LogP contribution in [0.25, 0.3) is 0 Å². The third-order valence-electron chi connectivity index (χ3n) is 0.638. The molecule has 0 amide bonds. The fourth-order valence-electron chi connectivity index (χ4n) is 0.231. The predicted octanol–water partition coefficient (Wildman–Crippen LogP) is -2.11. The molecule has 0 aliphatic rings. The number of aliphatic hydroxyl groups excluding tert-OH is 2. The Morgan fingerprint density at radius 2 is 1.27 bits per heavy atom. The van der Waals surface area contributed by atoms with Crippen LogP contribution < -0.4 is 11.5 Å². The van der Waals surface area contributed by atoms with Gasteiger partial charge in [-0.2, -0.15) is 0 Å². The van der Waals surface area contributed by atoms with Crippen molar-refractivity contribution in [3.05, 3.63) is 0 Å². The maximum atomic E-state index is 8.09. The van der Waals surface area contributed by atoms with Crippen LogP contribution in [0.4, 0.5) is 0 Å². The second-order valence-electron chi connectivity index (χ2n) is 1.64. The Hall–Kier alpha value is -0.200. The lowest BCUT2D eigenvalue weighted by Crippen LogP contribution is -2.11. The SMILES string of the molecule is NCCN.OCCOCCO. The Kier molecular flexibility index (Phi) is 20.0. The van der Waals surface area contributed by atoms with E-state index in [0.29, 0.717) is 26.3 Å². The summed E-state index contributed by atoms with van der Waals surface area (Å²) in [6.45, 7) is 1.89. The molecule has 0 saturated carbocycles. The predicted molar refractivity (Wildman–Crippen MR) is 43.1 cm³/mol. The minimum Gasteiger partial charge on any atom is -0.394 e. The highest BCUT2D eigenvalue weighted by Crippen LogP contribution is 1.68. The first kappa shape index (κ1) is 13.4. The van der Waals surface area contributed by atoms with Gasteiger partial charge in [0.2, 0.25) is 0 Å². The molecule has 5 heteroatoms. The van der Waals surface area contributed by atoms with Gasteiger partial charge >= 0.3 is 0 Å². The van der Waals surface area contributed by atoms with E-state index in [2.05, 4.69) is 4.74 Å². The molecular weight excluding hydrogens is 148 g/mol. The van der Waals surface area contributed by atoms with Crippen molar-refractivity contribution in [1.29, 1.82) is 0 Å².